The van der Waals surface area contributed by atoms with Crippen LogP contribution in [0.3, 0.4) is 0 Å². The highest BCUT2D eigenvalue weighted by Crippen LogP contribution is 2.28. The molecule has 0 spiro atoms. The van der Waals surface area contributed by atoms with Crippen molar-refractivity contribution < 1.29 is 14.3 Å². The molecule has 1 aromatic carbocycles. The third kappa shape index (κ3) is 4.74. The number of amides is 1. The Kier molecular flexibility index (Phi) is 6.70. The van der Waals surface area contributed by atoms with E-state index in [4.69, 9.17) is 9.47 Å². The van der Waals surface area contributed by atoms with E-state index in [2.05, 4.69) is 15.9 Å². The molecule has 1 amide bonds. The molecule has 0 heterocycles. The monoisotopic (exact) mass is 329 g/mol. The number of benzene rings is 1. The lowest BCUT2D eigenvalue weighted by Gasteiger charge is -2.17. The minimum absolute atomic E-state index is 0.0480. The van der Waals surface area contributed by atoms with Crippen LogP contribution in [0, 0.1) is 0 Å². The molecule has 0 aromatic heterocycles. The average Bonchev–Trinajstić information content (AvgIpc) is 2.41. The summed E-state index contributed by atoms with van der Waals surface area (Å²) in [4.78, 5) is 13.2. The maximum Gasteiger partial charge on any atom is 0.233 e. The summed E-state index contributed by atoms with van der Waals surface area (Å²) in [6, 6.07) is 5.76. The van der Waals surface area contributed by atoms with Crippen LogP contribution in [0.25, 0.3) is 0 Å². The van der Waals surface area contributed by atoms with Crippen molar-refractivity contribution >= 4 is 21.8 Å². The number of rotatable bonds is 7. The van der Waals surface area contributed by atoms with Crippen molar-refractivity contribution in [2.45, 2.75) is 20.4 Å². The van der Waals surface area contributed by atoms with Crippen molar-refractivity contribution in [3.63, 3.8) is 0 Å². The summed E-state index contributed by atoms with van der Waals surface area (Å²) in [5.74, 6) is 1.51. The average molecular weight is 330 g/mol. The van der Waals surface area contributed by atoms with Gasteiger partial charge in [0.2, 0.25) is 5.91 Å². The molecule has 19 heavy (non-hydrogen) atoms. The molecule has 0 N–H and O–H groups in total. The van der Waals surface area contributed by atoms with Crippen molar-refractivity contribution in [1.29, 1.82) is 0 Å². The van der Waals surface area contributed by atoms with Crippen LogP contribution in [-0.2, 0) is 11.3 Å². The predicted molar refractivity (Wildman–Crippen MR) is 79.0 cm³/mol. The van der Waals surface area contributed by atoms with Gasteiger partial charge >= 0.3 is 0 Å². The lowest BCUT2D eigenvalue weighted by molar-refractivity contribution is -0.127. The van der Waals surface area contributed by atoms with Gasteiger partial charge in [-0.3, -0.25) is 4.79 Å². The highest BCUT2D eigenvalue weighted by Gasteiger charge is 2.10. The van der Waals surface area contributed by atoms with Crippen LogP contribution in [0.5, 0.6) is 11.5 Å². The molecule has 0 atom stereocenters. The maximum absolute atomic E-state index is 11.5. The SMILES string of the molecule is CCOc1ccc(CN(C)C(=O)CBr)cc1OCC. The lowest BCUT2D eigenvalue weighted by Crippen LogP contribution is -2.26. The first-order chi connectivity index (χ1) is 9.12. The van der Waals surface area contributed by atoms with E-state index < -0.39 is 0 Å². The molecule has 0 radical (unpaired) electrons. The number of carbonyl (C=O) groups excluding carboxylic acids is 1. The Labute approximate surface area is 122 Å². The second-order valence-corrected chi connectivity index (χ2v) is 4.59. The Morgan fingerprint density at radius 1 is 1.21 bits per heavy atom. The molecule has 0 aliphatic heterocycles. The van der Waals surface area contributed by atoms with Gasteiger partial charge in [0.05, 0.1) is 18.5 Å². The maximum atomic E-state index is 11.5. The minimum Gasteiger partial charge on any atom is -0.490 e. The number of nitrogens with zero attached hydrogens (tertiary/aromatic N) is 1. The normalized spacial score (nSPS) is 10.1. The smallest absolute Gasteiger partial charge is 0.233 e. The molecule has 0 aliphatic rings. The zero-order chi connectivity index (χ0) is 14.3. The van der Waals surface area contributed by atoms with Gasteiger partial charge in [0.15, 0.2) is 11.5 Å². The van der Waals surface area contributed by atoms with Crippen LogP contribution < -0.4 is 9.47 Å². The number of halogens is 1. The minimum atomic E-state index is 0.0480. The zero-order valence-electron chi connectivity index (χ0n) is 11.6. The van der Waals surface area contributed by atoms with Crippen LogP contribution in [0.15, 0.2) is 18.2 Å². The molecule has 1 aromatic rings. The number of ether oxygens (including phenoxy) is 2. The summed E-state index contributed by atoms with van der Waals surface area (Å²) in [5.41, 5.74) is 1.02. The predicted octanol–water partition coefficient (Wildman–Crippen LogP) is 2.84. The fourth-order valence-electron chi connectivity index (χ4n) is 1.66. The first-order valence-corrected chi connectivity index (χ1v) is 7.42. The van der Waals surface area contributed by atoms with Gasteiger partial charge in [-0.05, 0) is 31.5 Å². The summed E-state index contributed by atoms with van der Waals surface area (Å²) in [5, 5.41) is 0.332. The number of hydrogen-bond donors (Lipinski definition) is 0. The second-order valence-electron chi connectivity index (χ2n) is 4.03. The van der Waals surface area contributed by atoms with Gasteiger partial charge in [-0.25, -0.2) is 0 Å². The number of alkyl halides is 1. The summed E-state index contributed by atoms with van der Waals surface area (Å²) in [6.07, 6.45) is 0. The molecule has 5 heteroatoms. The van der Waals surface area contributed by atoms with Crippen molar-refractivity contribution in [1.82, 2.24) is 4.90 Å². The zero-order valence-corrected chi connectivity index (χ0v) is 13.2. The van der Waals surface area contributed by atoms with E-state index in [-0.39, 0.29) is 5.91 Å². The van der Waals surface area contributed by atoms with Gasteiger partial charge < -0.3 is 14.4 Å². The standard InChI is InChI=1S/C14H20BrNO3/c1-4-18-12-7-6-11(8-13(12)19-5-2)10-16(3)14(17)9-15/h6-8H,4-5,9-10H2,1-3H3. The molecule has 0 bridgehead atoms. The quantitative estimate of drug-likeness (QED) is 0.722. The van der Waals surface area contributed by atoms with Crippen molar-refractivity contribution in [3.8, 4) is 11.5 Å². The molecule has 0 aliphatic carbocycles. The molecule has 1 rings (SSSR count). The first-order valence-electron chi connectivity index (χ1n) is 6.30. The fourth-order valence-corrected chi connectivity index (χ4v) is 2.09. The van der Waals surface area contributed by atoms with E-state index in [1.54, 1.807) is 11.9 Å². The van der Waals surface area contributed by atoms with E-state index in [0.717, 1.165) is 17.1 Å². The summed E-state index contributed by atoms with van der Waals surface area (Å²) in [7, 11) is 1.78. The van der Waals surface area contributed by atoms with E-state index in [9.17, 15) is 4.79 Å². The Morgan fingerprint density at radius 3 is 2.42 bits per heavy atom. The number of hydrogen-bond acceptors (Lipinski definition) is 3. The molecule has 0 saturated heterocycles. The summed E-state index contributed by atoms with van der Waals surface area (Å²) in [6.45, 7) is 5.60. The van der Waals surface area contributed by atoms with Gasteiger partial charge in [-0.15, -0.1) is 0 Å². The molecule has 106 valence electrons. The van der Waals surface area contributed by atoms with Crippen molar-refractivity contribution in [3.05, 3.63) is 23.8 Å². The third-order valence-electron chi connectivity index (χ3n) is 2.57. The largest absolute Gasteiger partial charge is 0.490 e. The van der Waals surface area contributed by atoms with E-state index >= 15 is 0 Å². The molecule has 0 unspecified atom stereocenters. The Morgan fingerprint density at radius 2 is 1.84 bits per heavy atom. The first kappa shape index (κ1) is 15.8. The molecule has 0 fully saturated rings. The number of carbonyl (C=O) groups is 1. The second kappa shape index (κ2) is 8.04. The third-order valence-corrected chi connectivity index (χ3v) is 3.05. The molecular weight excluding hydrogens is 310 g/mol. The molecular formula is C14H20BrNO3. The Bertz CT molecular complexity index is 423. The van der Waals surface area contributed by atoms with E-state index in [0.29, 0.717) is 25.1 Å². The van der Waals surface area contributed by atoms with Gasteiger partial charge in [0, 0.05) is 13.6 Å². The van der Waals surface area contributed by atoms with Crippen LogP contribution in [0.1, 0.15) is 19.4 Å². The topological polar surface area (TPSA) is 38.8 Å². The van der Waals surface area contributed by atoms with E-state index in [1.165, 1.54) is 0 Å². The molecule has 4 nitrogen and oxygen atoms in total. The van der Waals surface area contributed by atoms with Gasteiger partial charge in [-0.2, -0.15) is 0 Å². The van der Waals surface area contributed by atoms with Gasteiger partial charge in [-0.1, -0.05) is 22.0 Å². The highest BCUT2D eigenvalue weighted by molar-refractivity contribution is 9.09. The highest BCUT2D eigenvalue weighted by atomic mass is 79.9. The van der Waals surface area contributed by atoms with Crippen LogP contribution in [0.4, 0.5) is 0 Å². The van der Waals surface area contributed by atoms with Crippen molar-refractivity contribution in [2.24, 2.45) is 0 Å². The van der Waals surface area contributed by atoms with Gasteiger partial charge in [0.1, 0.15) is 0 Å². The summed E-state index contributed by atoms with van der Waals surface area (Å²) >= 11 is 3.16. The molecule has 0 saturated carbocycles. The van der Waals surface area contributed by atoms with Crippen LogP contribution >= 0.6 is 15.9 Å². The fraction of sp³-hybridized carbons (Fsp3) is 0.500. The lowest BCUT2D eigenvalue weighted by atomic mass is 10.2. The van der Waals surface area contributed by atoms with Gasteiger partial charge in [0.25, 0.3) is 0 Å². The van der Waals surface area contributed by atoms with Crippen molar-refractivity contribution in [2.75, 3.05) is 25.6 Å². The Hall–Kier alpha value is -1.23. The summed E-state index contributed by atoms with van der Waals surface area (Å²) < 4.78 is 11.1. The van der Waals surface area contributed by atoms with Crippen LogP contribution in [0.2, 0.25) is 0 Å². The Balaban J connectivity index is 2.85. The van der Waals surface area contributed by atoms with Crippen LogP contribution in [-0.4, -0.2) is 36.4 Å². The van der Waals surface area contributed by atoms with E-state index in [1.807, 2.05) is 32.0 Å².